The van der Waals surface area contributed by atoms with Crippen LogP contribution in [0.5, 0.6) is 5.75 Å². The zero-order valence-electron chi connectivity index (χ0n) is 14.1. The minimum absolute atomic E-state index is 0.169. The van der Waals surface area contributed by atoms with Crippen LogP contribution in [0.15, 0.2) is 18.2 Å². The molecular formula is C18H25NO4. The number of rotatable bonds is 7. The van der Waals surface area contributed by atoms with Gasteiger partial charge in [0.05, 0.1) is 5.56 Å². The molecule has 0 bridgehead atoms. The van der Waals surface area contributed by atoms with Crippen LogP contribution in [0.25, 0.3) is 0 Å². The summed E-state index contributed by atoms with van der Waals surface area (Å²) in [6, 6.07) is 5.65. The molecule has 0 fully saturated rings. The topological polar surface area (TPSA) is 55.8 Å². The van der Waals surface area contributed by atoms with Gasteiger partial charge in [-0.3, -0.25) is 9.69 Å². The molecule has 0 amide bonds. The highest BCUT2D eigenvalue weighted by molar-refractivity contribution is 5.91. The summed E-state index contributed by atoms with van der Waals surface area (Å²) in [6.45, 7) is 8.23. The lowest BCUT2D eigenvalue weighted by Gasteiger charge is -2.34. The molecule has 5 heteroatoms. The van der Waals surface area contributed by atoms with Gasteiger partial charge in [0.25, 0.3) is 0 Å². The molecule has 0 radical (unpaired) electrons. The van der Waals surface area contributed by atoms with Crippen molar-refractivity contribution in [1.29, 1.82) is 0 Å². The molecule has 0 saturated heterocycles. The van der Waals surface area contributed by atoms with Crippen molar-refractivity contribution in [3.63, 3.8) is 0 Å². The fourth-order valence-corrected chi connectivity index (χ4v) is 2.88. The fourth-order valence-electron chi connectivity index (χ4n) is 2.88. The smallest absolute Gasteiger partial charge is 0.338 e. The van der Waals surface area contributed by atoms with Crippen LogP contribution in [-0.4, -0.2) is 49.0 Å². The van der Waals surface area contributed by atoms with Gasteiger partial charge in [0, 0.05) is 6.04 Å². The van der Waals surface area contributed by atoms with Gasteiger partial charge in [-0.1, -0.05) is 13.8 Å². The van der Waals surface area contributed by atoms with E-state index in [-0.39, 0.29) is 12.4 Å². The van der Waals surface area contributed by atoms with Gasteiger partial charge in [-0.05, 0) is 56.6 Å². The van der Waals surface area contributed by atoms with Crippen molar-refractivity contribution in [3.05, 3.63) is 29.3 Å². The molecule has 1 aromatic rings. The SMILES string of the molecule is CCCN(CC)[C@@H]1COc2ccc(C(=O)OCC(C)=O)cc2C1. The number of esters is 1. The number of nitrogens with zero attached hydrogens (tertiary/aromatic N) is 1. The van der Waals surface area contributed by atoms with Crippen molar-refractivity contribution in [3.8, 4) is 5.75 Å². The van der Waals surface area contributed by atoms with E-state index in [1.807, 2.05) is 12.1 Å². The van der Waals surface area contributed by atoms with Gasteiger partial charge in [0.15, 0.2) is 5.78 Å². The Hall–Kier alpha value is -1.88. The number of ether oxygens (including phenoxy) is 2. The maximum absolute atomic E-state index is 12.0. The molecule has 0 spiro atoms. The van der Waals surface area contributed by atoms with Crippen molar-refractivity contribution < 1.29 is 19.1 Å². The van der Waals surface area contributed by atoms with E-state index < -0.39 is 5.97 Å². The number of fused-ring (bicyclic) bond motifs is 1. The molecule has 5 nitrogen and oxygen atoms in total. The summed E-state index contributed by atoms with van der Waals surface area (Å²) in [5.74, 6) is 0.195. The molecule has 2 rings (SSSR count). The highest BCUT2D eigenvalue weighted by Crippen LogP contribution is 2.28. The van der Waals surface area contributed by atoms with Crippen LogP contribution in [-0.2, 0) is 16.0 Å². The van der Waals surface area contributed by atoms with Gasteiger partial charge in [-0.2, -0.15) is 0 Å². The zero-order chi connectivity index (χ0) is 16.8. The molecule has 0 unspecified atom stereocenters. The Morgan fingerprint density at radius 2 is 2.13 bits per heavy atom. The second-order valence-electron chi connectivity index (χ2n) is 5.90. The third-order valence-corrected chi connectivity index (χ3v) is 4.02. The largest absolute Gasteiger partial charge is 0.492 e. The predicted octanol–water partition coefficient (Wildman–Crippen LogP) is 2.47. The van der Waals surface area contributed by atoms with Crippen LogP contribution < -0.4 is 4.74 Å². The Balaban J connectivity index is 2.10. The maximum atomic E-state index is 12.0. The maximum Gasteiger partial charge on any atom is 0.338 e. The second-order valence-corrected chi connectivity index (χ2v) is 5.90. The minimum atomic E-state index is -0.467. The van der Waals surface area contributed by atoms with E-state index in [4.69, 9.17) is 9.47 Å². The van der Waals surface area contributed by atoms with E-state index in [2.05, 4.69) is 18.7 Å². The highest BCUT2D eigenvalue weighted by Gasteiger charge is 2.25. The Kier molecular flexibility index (Phi) is 6.16. The molecule has 126 valence electrons. The zero-order valence-corrected chi connectivity index (χ0v) is 14.1. The van der Waals surface area contributed by atoms with Gasteiger partial charge in [-0.25, -0.2) is 4.79 Å². The summed E-state index contributed by atoms with van der Waals surface area (Å²) in [5, 5.41) is 0. The number of carbonyl (C=O) groups is 2. The van der Waals surface area contributed by atoms with Crippen LogP contribution in [0.1, 0.15) is 43.1 Å². The minimum Gasteiger partial charge on any atom is -0.492 e. The van der Waals surface area contributed by atoms with Crippen molar-refractivity contribution >= 4 is 11.8 Å². The number of likely N-dealkylation sites (N-methyl/N-ethyl adjacent to an activating group) is 1. The van der Waals surface area contributed by atoms with E-state index in [0.717, 1.165) is 37.2 Å². The number of hydrogen-bond acceptors (Lipinski definition) is 5. The first kappa shape index (κ1) is 17.5. The number of hydrogen-bond donors (Lipinski definition) is 0. The van der Waals surface area contributed by atoms with E-state index in [0.29, 0.717) is 18.2 Å². The van der Waals surface area contributed by atoms with Crippen LogP contribution in [0.3, 0.4) is 0 Å². The Labute approximate surface area is 137 Å². The molecule has 1 atom stereocenters. The van der Waals surface area contributed by atoms with Crippen LogP contribution in [0, 0.1) is 0 Å². The van der Waals surface area contributed by atoms with Gasteiger partial charge in [0.2, 0.25) is 0 Å². The molecule has 23 heavy (non-hydrogen) atoms. The third-order valence-electron chi connectivity index (χ3n) is 4.02. The van der Waals surface area contributed by atoms with Crippen molar-refractivity contribution in [2.45, 2.75) is 39.7 Å². The van der Waals surface area contributed by atoms with Crippen LogP contribution >= 0.6 is 0 Å². The summed E-state index contributed by atoms with van der Waals surface area (Å²) in [5.41, 5.74) is 1.49. The highest BCUT2D eigenvalue weighted by atomic mass is 16.5. The van der Waals surface area contributed by atoms with E-state index in [9.17, 15) is 9.59 Å². The lowest BCUT2D eigenvalue weighted by Crippen LogP contribution is -2.43. The Morgan fingerprint density at radius 1 is 1.35 bits per heavy atom. The number of Topliss-reactive ketones (excluding diaryl/α,β-unsaturated/α-hetero) is 1. The van der Waals surface area contributed by atoms with Crippen molar-refractivity contribution in [2.24, 2.45) is 0 Å². The normalized spacial score (nSPS) is 16.6. The Morgan fingerprint density at radius 3 is 2.78 bits per heavy atom. The molecule has 0 N–H and O–H groups in total. The van der Waals surface area contributed by atoms with Crippen molar-refractivity contribution in [1.82, 2.24) is 4.90 Å². The Bertz CT molecular complexity index is 570. The average Bonchev–Trinajstić information content (AvgIpc) is 2.56. The predicted molar refractivity (Wildman–Crippen MR) is 87.9 cm³/mol. The van der Waals surface area contributed by atoms with Crippen LogP contribution in [0.2, 0.25) is 0 Å². The summed E-state index contributed by atoms with van der Waals surface area (Å²) in [4.78, 5) is 25.3. The first-order valence-corrected chi connectivity index (χ1v) is 8.21. The molecule has 1 aliphatic heterocycles. The van der Waals surface area contributed by atoms with E-state index >= 15 is 0 Å². The lowest BCUT2D eigenvalue weighted by atomic mass is 9.99. The third kappa shape index (κ3) is 4.55. The second kappa shape index (κ2) is 8.11. The monoisotopic (exact) mass is 319 g/mol. The molecule has 1 aliphatic rings. The van der Waals surface area contributed by atoms with Gasteiger partial charge in [-0.15, -0.1) is 0 Å². The fraction of sp³-hybridized carbons (Fsp3) is 0.556. The standard InChI is InChI=1S/C18H25NO4/c1-4-8-19(5-2)16-10-15-9-14(6-7-17(15)22-12-16)18(21)23-11-13(3)20/h6-7,9,16H,4-5,8,10-12H2,1-3H3/t16-/m0/s1. The molecule has 1 aromatic carbocycles. The van der Waals surface area contributed by atoms with Gasteiger partial charge < -0.3 is 9.47 Å². The van der Waals surface area contributed by atoms with Gasteiger partial charge >= 0.3 is 5.97 Å². The average molecular weight is 319 g/mol. The number of carbonyl (C=O) groups excluding carboxylic acids is 2. The molecular weight excluding hydrogens is 294 g/mol. The molecule has 0 saturated carbocycles. The van der Waals surface area contributed by atoms with E-state index in [1.165, 1.54) is 6.92 Å². The number of benzene rings is 1. The summed E-state index contributed by atoms with van der Waals surface area (Å²) < 4.78 is 10.8. The summed E-state index contributed by atoms with van der Waals surface area (Å²) in [7, 11) is 0. The first-order valence-electron chi connectivity index (χ1n) is 8.21. The lowest BCUT2D eigenvalue weighted by molar-refractivity contribution is -0.120. The number of ketones is 1. The quantitative estimate of drug-likeness (QED) is 0.723. The molecule has 0 aromatic heterocycles. The molecule has 1 heterocycles. The van der Waals surface area contributed by atoms with Crippen molar-refractivity contribution in [2.75, 3.05) is 26.3 Å². The van der Waals surface area contributed by atoms with Crippen LogP contribution in [0.4, 0.5) is 0 Å². The van der Waals surface area contributed by atoms with E-state index in [1.54, 1.807) is 6.07 Å². The first-order chi connectivity index (χ1) is 11.0. The van der Waals surface area contributed by atoms with Gasteiger partial charge in [0.1, 0.15) is 19.0 Å². The summed E-state index contributed by atoms with van der Waals surface area (Å²) in [6.07, 6.45) is 1.96. The molecule has 0 aliphatic carbocycles. The summed E-state index contributed by atoms with van der Waals surface area (Å²) >= 11 is 0.